The van der Waals surface area contributed by atoms with Crippen molar-refractivity contribution in [2.75, 3.05) is 25.2 Å². The first-order valence-electron chi connectivity index (χ1n) is 6.04. The van der Waals surface area contributed by atoms with Gasteiger partial charge < -0.3 is 19.3 Å². The molecule has 0 saturated carbocycles. The van der Waals surface area contributed by atoms with Crippen molar-refractivity contribution in [2.24, 2.45) is 0 Å². The molecule has 2 rings (SSSR count). The summed E-state index contributed by atoms with van der Waals surface area (Å²) in [6, 6.07) is 9.81. The molecule has 6 nitrogen and oxygen atoms in total. The van der Waals surface area contributed by atoms with E-state index in [1.807, 2.05) is 35.2 Å². The zero-order valence-electron chi connectivity index (χ0n) is 10.8. The molecule has 0 aliphatic rings. The lowest BCUT2D eigenvalue weighted by molar-refractivity contribution is 0.151. The first kappa shape index (κ1) is 13.5. The van der Waals surface area contributed by atoms with Crippen LogP contribution >= 0.6 is 0 Å². The van der Waals surface area contributed by atoms with Crippen molar-refractivity contribution >= 4 is 5.69 Å². The maximum Gasteiger partial charge on any atom is 0.252 e. The average Bonchev–Trinajstić information content (AvgIpc) is 2.87. The molecule has 1 aromatic carbocycles. The van der Waals surface area contributed by atoms with E-state index in [1.54, 1.807) is 7.11 Å². The summed E-state index contributed by atoms with van der Waals surface area (Å²) in [6.07, 6.45) is 0. The number of nitrogens with zero attached hydrogens (tertiary/aromatic N) is 3. The molecule has 0 radical (unpaired) electrons. The van der Waals surface area contributed by atoms with Crippen LogP contribution in [-0.4, -0.2) is 35.5 Å². The summed E-state index contributed by atoms with van der Waals surface area (Å²) in [6.45, 7) is 1.37. The van der Waals surface area contributed by atoms with Crippen LogP contribution in [0.3, 0.4) is 0 Å². The Labute approximate surface area is 111 Å². The van der Waals surface area contributed by atoms with Crippen LogP contribution in [0.25, 0.3) is 0 Å². The Balaban J connectivity index is 2.07. The normalized spacial score (nSPS) is 10.6. The van der Waals surface area contributed by atoms with Gasteiger partial charge in [-0.2, -0.15) is 4.98 Å². The number of para-hydroxylation sites is 1. The fourth-order valence-corrected chi connectivity index (χ4v) is 1.77. The Hall–Kier alpha value is -1.92. The molecule has 1 aromatic heterocycles. The number of rotatable bonds is 7. The number of ether oxygens (including phenoxy) is 1. The van der Waals surface area contributed by atoms with Crippen LogP contribution in [0.1, 0.15) is 11.7 Å². The lowest BCUT2D eigenvalue weighted by Crippen LogP contribution is -2.26. The number of aliphatic hydroxyl groups excluding tert-OH is 1. The number of methoxy groups -OCH3 is 1. The Bertz CT molecular complexity index is 487. The van der Waals surface area contributed by atoms with Gasteiger partial charge in [0.2, 0.25) is 0 Å². The Kier molecular flexibility index (Phi) is 4.88. The molecular formula is C13H17N3O3. The Morgan fingerprint density at radius 3 is 2.79 bits per heavy atom. The summed E-state index contributed by atoms with van der Waals surface area (Å²) < 4.78 is 9.97. The summed E-state index contributed by atoms with van der Waals surface area (Å²) >= 11 is 0. The molecule has 1 N–H and O–H groups in total. The molecule has 0 unspecified atom stereocenters. The van der Waals surface area contributed by atoms with Crippen LogP contribution in [0.4, 0.5) is 5.69 Å². The van der Waals surface area contributed by atoms with Crippen molar-refractivity contribution in [3.63, 3.8) is 0 Å². The van der Waals surface area contributed by atoms with Crippen LogP contribution in [0, 0.1) is 0 Å². The molecule has 0 atom stereocenters. The quantitative estimate of drug-likeness (QED) is 0.809. The standard InChI is InChI=1S/C13H17N3O3/c1-18-10-13-14-12(15-19-13)9-16(7-8-17)11-5-3-2-4-6-11/h2-6,17H,7-10H2,1H3. The van der Waals surface area contributed by atoms with Crippen LogP contribution in [0.2, 0.25) is 0 Å². The summed E-state index contributed by atoms with van der Waals surface area (Å²) in [5.41, 5.74) is 1.01. The van der Waals surface area contributed by atoms with Gasteiger partial charge in [-0.05, 0) is 12.1 Å². The van der Waals surface area contributed by atoms with Crippen molar-refractivity contribution in [1.82, 2.24) is 10.1 Å². The highest BCUT2D eigenvalue weighted by molar-refractivity contribution is 5.45. The highest BCUT2D eigenvalue weighted by Gasteiger charge is 2.11. The van der Waals surface area contributed by atoms with E-state index < -0.39 is 0 Å². The smallest absolute Gasteiger partial charge is 0.252 e. The fourth-order valence-electron chi connectivity index (χ4n) is 1.77. The molecule has 0 saturated heterocycles. The lowest BCUT2D eigenvalue weighted by Gasteiger charge is -2.21. The summed E-state index contributed by atoms with van der Waals surface area (Å²) in [5, 5.41) is 13.0. The molecular weight excluding hydrogens is 246 g/mol. The summed E-state index contributed by atoms with van der Waals surface area (Å²) in [7, 11) is 1.58. The second-order valence-electron chi connectivity index (χ2n) is 4.02. The van der Waals surface area contributed by atoms with Gasteiger partial charge in [0.25, 0.3) is 5.89 Å². The summed E-state index contributed by atoms with van der Waals surface area (Å²) in [4.78, 5) is 6.21. The minimum Gasteiger partial charge on any atom is -0.395 e. The number of anilines is 1. The maximum absolute atomic E-state index is 9.14. The first-order valence-corrected chi connectivity index (χ1v) is 6.04. The molecule has 102 valence electrons. The number of hydrogen-bond donors (Lipinski definition) is 1. The van der Waals surface area contributed by atoms with E-state index >= 15 is 0 Å². The monoisotopic (exact) mass is 263 g/mol. The number of aliphatic hydroxyl groups is 1. The van der Waals surface area contributed by atoms with Gasteiger partial charge in [-0.1, -0.05) is 23.4 Å². The van der Waals surface area contributed by atoms with Crippen molar-refractivity contribution in [1.29, 1.82) is 0 Å². The average molecular weight is 263 g/mol. The Morgan fingerprint density at radius 2 is 2.11 bits per heavy atom. The molecule has 19 heavy (non-hydrogen) atoms. The van der Waals surface area contributed by atoms with E-state index in [-0.39, 0.29) is 6.61 Å². The highest BCUT2D eigenvalue weighted by Crippen LogP contribution is 2.15. The topological polar surface area (TPSA) is 71.6 Å². The third-order valence-electron chi connectivity index (χ3n) is 2.60. The van der Waals surface area contributed by atoms with E-state index in [0.717, 1.165) is 5.69 Å². The number of aromatic nitrogens is 2. The van der Waals surface area contributed by atoms with Gasteiger partial charge in [-0.25, -0.2) is 0 Å². The van der Waals surface area contributed by atoms with Crippen LogP contribution in [0.15, 0.2) is 34.9 Å². The third-order valence-corrected chi connectivity index (χ3v) is 2.60. The van der Waals surface area contributed by atoms with E-state index in [0.29, 0.717) is 31.4 Å². The largest absolute Gasteiger partial charge is 0.395 e. The lowest BCUT2D eigenvalue weighted by atomic mass is 10.3. The number of benzene rings is 1. The SMILES string of the molecule is COCc1nc(CN(CCO)c2ccccc2)no1. The van der Waals surface area contributed by atoms with Gasteiger partial charge >= 0.3 is 0 Å². The van der Waals surface area contributed by atoms with Crippen molar-refractivity contribution in [3.05, 3.63) is 42.0 Å². The molecule has 0 aliphatic carbocycles. The third kappa shape index (κ3) is 3.77. The second-order valence-corrected chi connectivity index (χ2v) is 4.02. The Morgan fingerprint density at radius 1 is 1.32 bits per heavy atom. The molecule has 0 aliphatic heterocycles. The van der Waals surface area contributed by atoms with Crippen LogP contribution in [0.5, 0.6) is 0 Å². The minimum atomic E-state index is 0.0671. The van der Waals surface area contributed by atoms with Crippen LogP contribution < -0.4 is 4.90 Å². The van der Waals surface area contributed by atoms with Crippen molar-refractivity contribution in [2.45, 2.75) is 13.2 Å². The van der Waals surface area contributed by atoms with Gasteiger partial charge in [0.1, 0.15) is 6.61 Å². The van der Waals surface area contributed by atoms with E-state index in [1.165, 1.54) is 0 Å². The zero-order valence-corrected chi connectivity index (χ0v) is 10.8. The summed E-state index contributed by atoms with van der Waals surface area (Å²) in [5.74, 6) is 1.03. The van der Waals surface area contributed by atoms with Crippen LogP contribution in [-0.2, 0) is 17.9 Å². The van der Waals surface area contributed by atoms with Crippen molar-refractivity contribution < 1.29 is 14.4 Å². The van der Waals surface area contributed by atoms with E-state index in [4.69, 9.17) is 14.4 Å². The van der Waals surface area contributed by atoms with Crippen molar-refractivity contribution in [3.8, 4) is 0 Å². The predicted molar refractivity (Wildman–Crippen MR) is 69.6 cm³/mol. The minimum absolute atomic E-state index is 0.0671. The second kappa shape index (κ2) is 6.86. The highest BCUT2D eigenvalue weighted by atomic mass is 16.5. The van der Waals surface area contributed by atoms with E-state index in [9.17, 15) is 0 Å². The van der Waals surface area contributed by atoms with Gasteiger partial charge in [0.05, 0.1) is 13.2 Å². The van der Waals surface area contributed by atoms with Gasteiger partial charge in [-0.3, -0.25) is 0 Å². The molecule has 0 fully saturated rings. The van der Waals surface area contributed by atoms with Gasteiger partial charge in [-0.15, -0.1) is 0 Å². The fraction of sp³-hybridized carbons (Fsp3) is 0.385. The molecule has 1 heterocycles. The zero-order chi connectivity index (χ0) is 13.5. The number of hydrogen-bond acceptors (Lipinski definition) is 6. The molecule has 2 aromatic rings. The predicted octanol–water partition coefficient (Wildman–Crippen LogP) is 1.21. The molecule has 0 amide bonds. The van der Waals surface area contributed by atoms with Gasteiger partial charge in [0, 0.05) is 19.3 Å². The molecule has 6 heteroatoms. The van der Waals surface area contributed by atoms with E-state index in [2.05, 4.69) is 10.1 Å². The van der Waals surface area contributed by atoms with Gasteiger partial charge in [0.15, 0.2) is 5.82 Å². The first-order chi connectivity index (χ1) is 9.33. The molecule has 0 bridgehead atoms. The maximum atomic E-state index is 9.14. The molecule has 0 spiro atoms.